The Morgan fingerprint density at radius 2 is 2.16 bits per heavy atom. The molecule has 1 amide bonds. The second-order valence-corrected chi connectivity index (χ2v) is 7.09. The van der Waals surface area contributed by atoms with E-state index < -0.39 is 5.97 Å². The number of fused-ring (bicyclic) bond motifs is 1. The zero-order chi connectivity index (χ0) is 18.0. The van der Waals surface area contributed by atoms with Gasteiger partial charge in [0.2, 0.25) is 5.76 Å². The third-order valence-corrected chi connectivity index (χ3v) is 4.76. The van der Waals surface area contributed by atoms with E-state index in [4.69, 9.17) is 9.15 Å². The summed E-state index contributed by atoms with van der Waals surface area (Å²) in [5.41, 5.74) is 4.85. The van der Waals surface area contributed by atoms with Crippen LogP contribution in [0.2, 0.25) is 0 Å². The molecule has 25 heavy (non-hydrogen) atoms. The smallest absolute Gasteiger partial charge is 0.374 e. The van der Waals surface area contributed by atoms with E-state index in [9.17, 15) is 9.59 Å². The highest BCUT2D eigenvalue weighted by atomic mass is 32.1. The third-order valence-electron chi connectivity index (χ3n) is 3.89. The third kappa shape index (κ3) is 3.66. The minimum Gasteiger partial charge on any atom is -0.457 e. The number of esters is 1. The van der Waals surface area contributed by atoms with E-state index in [-0.39, 0.29) is 17.8 Å². The second kappa shape index (κ2) is 7.23. The van der Waals surface area contributed by atoms with Crippen molar-refractivity contribution >= 4 is 28.9 Å². The summed E-state index contributed by atoms with van der Waals surface area (Å²) in [6.07, 6.45) is 2.10. The van der Waals surface area contributed by atoms with Crippen LogP contribution >= 0.6 is 11.3 Å². The van der Waals surface area contributed by atoms with Crippen LogP contribution in [0.5, 0.6) is 0 Å². The standard InChI is InChI=1S/C18H20N2O4S/c1-10(2)23-18(22)16-11(3)15-12(6-4-7-13(15)24-16)19-20-17(21)14-8-5-9-25-14/h5,8-10H,4,6-7H2,1-3H3,(H,20,21)/b19-12+. The van der Waals surface area contributed by atoms with Gasteiger partial charge in [-0.2, -0.15) is 5.10 Å². The molecule has 3 rings (SSSR count). The van der Waals surface area contributed by atoms with E-state index >= 15 is 0 Å². The van der Waals surface area contributed by atoms with E-state index in [0.717, 1.165) is 36.3 Å². The Morgan fingerprint density at radius 3 is 2.84 bits per heavy atom. The molecule has 0 unspecified atom stereocenters. The molecule has 2 heterocycles. The van der Waals surface area contributed by atoms with Crippen molar-refractivity contribution in [3.8, 4) is 0 Å². The minimum absolute atomic E-state index is 0.216. The Hall–Kier alpha value is -2.41. The number of hydrazone groups is 1. The summed E-state index contributed by atoms with van der Waals surface area (Å²) in [5, 5.41) is 6.13. The van der Waals surface area contributed by atoms with E-state index in [1.807, 2.05) is 18.4 Å². The molecule has 0 aliphatic heterocycles. The van der Waals surface area contributed by atoms with E-state index in [1.54, 1.807) is 19.9 Å². The average Bonchev–Trinajstić information content (AvgIpc) is 3.20. The van der Waals surface area contributed by atoms with Crippen LogP contribution in [0.4, 0.5) is 0 Å². The Kier molecular flexibility index (Phi) is 5.03. The number of nitrogens with zero attached hydrogens (tertiary/aromatic N) is 1. The van der Waals surface area contributed by atoms with Crippen LogP contribution in [0.3, 0.4) is 0 Å². The van der Waals surface area contributed by atoms with Crippen molar-refractivity contribution in [1.29, 1.82) is 0 Å². The van der Waals surface area contributed by atoms with Gasteiger partial charge in [0.05, 0.1) is 16.7 Å². The van der Waals surface area contributed by atoms with Crippen LogP contribution in [0, 0.1) is 6.92 Å². The van der Waals surface area contributed by atoms with Gasteiger partial charge < -0.3 is 9.15 Å². The molecular weight excluding hydrogens is 340 g/mol. The van der Waals surface area contributed by atoms with E-state index in [0.29, 0.717) is 10.4 Å². The Labute approximate surface area is 149 Å². The van der Waals surface area contributed by atoms with Crippen molar-refractivity contribution in [1.82, 2.24) is 5.43 Å². The Bertz CT molecular complexity index is 818. The van der Waals surface area contributed by atoms with Crippen LogP contribution in [0.1, 0.15) is 63.8 Å². The van der Waals surface area contributed by atoms with Gasteiger partial charge in [0.15, 0.2) is 0 Å². The molecule has 1 N–H and O–H groups in total. The lowest BCUT2D eigenvalue weighted by atomic mass is 9.93. The highest BCUT2D eigenvalue weighted by Gasteiger charge is 2.29. The Balaban J connectivity index is 1.86. The zero-order valence-corrected chi connectivity index (χ0v) is 15.2. The molecule has 1 aliphatic rings. The largest absolute Gasteiger partial charge is 0.457 e. The molecule has 0 saturated carbocycles. The number of rotatable bonds is 4. The predicted molar refractivity (Wildman–Crippen MR) is 95.3 cm³/mol. The minimum atomic E-state index is -0.469. The molecule has 132 valence electrons. The van der Waals surface area contributed by atoms with Crippen LogP contribution in [0.25, 0.3) is 0 Å². The maximum absolute atomic E-state index is 12.2. The van der Waals surface area contributed by atoms with E-state index in [2.05, 4.69) is 10.5 Å². The number of aryl methyl sites for hydroxylation is 1. The molecule has 2 aromatic rings. The quantitative estimate of drug-likeness (QED) is 0.666. The molecule has 0 atom stereocenters. The van der Waals surface area contributed by atoms with E-state index in [1.165, 1.54) is 11.3 Å². The first kappa shape index (κ1) is 17.4. The molecular formula is C18H20N2O4S. The van der Waals surface area contributed by atoms with Crippen molar-refractivity contribution < 1.29 is 18.7 Å². The number of carbonyl (C=O) groups excluding carboxylic acids is 2. The first-order valence-corrected chi connectivity index (χ1v) is 9.09. The second-order valence-electron chi connectivity index (χ2n) is 6.14. The van der Waals surface area contributed by atoms with Gasteiger partial charge in [-0.25, -0.2) is 10.2 Å². The van der Waals surface area contributed by atoms with Crippen molar-refractivity contribution in [3.63, 3.8) is 0 Å². The topological polar surface area (TPSA) is 80.9 Å². The number of carbonyl (C=O) groups is 2. The fourth-order valence-electron chi connectivity index (χ4n) is 2.82. The van der Waals surface area contributed by atoms with Gasteiger partial charge in [-0.1, -0.05) is 6.07 Å². The first-order chi connectivity index (χ1) is 12.0. The zero-order valence-electron chi connectivity index (χ0n) is 14.4. The SMILES string of the molecule is Cc1c(C(=O)OC(C)C)oc2c1/C(=N/NC(=O)c1cccs1)CCC2. The van der Waals surface area contributed by atoms with Crippen molar-refractivity contribution in [2.45, 2.75) is 46.1 Å². The number of hydrogen-bond donors (Lipinski definition) is 1. The lowest BCUT2D eigenvalue weighted by Crippen LogP contribution is -2.21. The van der Waals surface area contributed by atoms with Gasteiger partial charge in [0, 0.05) is 17.5 Å². The molecule has 7 heteroatoms. The Morgan fingerprint density at radius 1 is 1.36 bits per heavy atom. The summed E-state index contributed by atoms with van der Waals surface area (Å²) < 4.78 is 11.0. The maximum Gasteiger partial charge on any atom is 0.374 e. The summed E-state index contributed by atoms with van der Waals surface area (Å²) >= 11 is 1.36. The van der Waals surface area contributed by atoms with Gasteiger partial charge in [0.1, 0.15) is 5.76 Å². The number of hydrogen-bond acceptors (Lipinski definition) is 6. The van der Waals surface area contributed by atoms with Crippen LogP contribution in [-0.4, -0.2) is 23.7 Å². The lowest BCUT2D eigenvalue weighted by molar-refractivity contribution is 0.0338. The van der Waals surface area contributed by atoms with Gasteiger partial charge in [-0.05, 0) is 45.1 Å². The molecule has 0 bridgehead atoms. The summed E-state index contributed by atoms with van der Waals surface area (Å²) in [4.78, 5) is 24.9. The normalized spacial score (nSPS) is 15.3. The van der Waals surface area contributed by atoms with Crippen molar-refractivity contribution in [2.24, 2.45) is 5.10 Å². The fraction of sp³-hybridized carbons (Fsp3) is 0.389. The molecule has 1 aliphatic carbocycles. The molecule has 6 nitrogen and oxygen atoms in total. The van der Waals surface area contributed by atoms with Gasteiger partial charge in [-0.15, -0.1) is 11.3 Å². The molecule has 2 aromatic heterocycles. The maximum atomic E-state index is 12.2. The molecule has 0 radical (unpaired) electrons. The van der Waals surface area contributed by atoms with Gasteiger partial charge in [-0.3, -0.25) is 4.79 Å². The number of thiophene rings is 1. The van der Waals surface area contributed by atoms with Crippen molar-refractivity contribution in [2.75, 3.05) is 0 Å². The monoisotopic (exact) mass is 360 g/mol. The van der Waals surface area contributed by atoms with Gasteiger partial charge >= 0.3 is 5.97 Å². The summed E-state index contributed by atoms with van der Waals surface area (Å²) in [6, 6.07) is 3.56. The highest BCUT2D eigenvalue weighted by molar-refractivity contribution is 7.12. The molecule has 0 aromatic carbocycles. The van der Waals surface area contributed by atoms with Crippen LogP contribution in [0.15, 0.2) is 27.0 Å². The predicted octanol–water partition coefficient (Wildman–Crippen LogP) is 3.69. The highest BCUT2D eigenvalue weighted by Crippen LogP contribution is 2.30. The number of nitrogens with one attached hydrogen (secondary N) is 1. The number of ether oxygens (including phenoxy) is 1. The summed E-state index contributed by atoms with van der Waals surface area (Å²) in [6.45, 7) is 5.41. The molecule has 0 saturated heterocycles. The first-order valence-electron chi connectivity index (χ1n) is 8.21. The molecule has 0 spiro atoms. The summed E-state index contributed by atoms with van der Waals surface area (Å²) in [7, 11) is 0. The lowest BCUT2D eigenvalue weighted by Gasteiger charge is -2.13. The number of amides is 1. The van der Waals surface area contributed by atoms with Gasteiger partial charge in [0.25, 0.3) is 5.91 Å². The van der Waals surface area contributed by atoms with Crippen LogP contribution < -0.4 is 5.43 Å². The van der Waals surface area contributed by atoms with Crippen LogP contribution in [-0.2, 0) is 11.2 Å². The number of furan rings is 1. The summed E-state index contributed by atoms with van der Waals surface area (Å²) in [5.74, 6) is 0.237. The average molecular weight is 360 g/mol. The molecule has 0 fully saturated rings. The fourth-order valence-corrected chi connectivity index (χ4v) is 3.44. The van der Waals surface area contributed by atoms with Crippen molar-refractivity contribution in [3.05, 3.63) is 45.0 Å².